The molecule has 0 bridgehead atoms. The van der Waals surface area contributed by atoms with Crippen LogP contribution in [0.15, 0.2) is 10.6 Å². The first-order valence-corrected chi connectivity index (χ1v) is 6.23. The molecular weight excluding hydrogens is 242 g/mol. The summed E-state index contributed by atoms with van der Waals surface area (Å²) in [4.78, 5) is 13.0. The van der Waals surface area contributed by atoms with Gasteiger partial charge in [0.25, 0.3) is 0 Å². The van der Waals surface area contributed by atoms with Crippen LogP contribution < -0.4 is 10.6 Å². The predicted octanol–water partition coefficient (Wildman–Crippen LogP) is 2.60. The van der Waals surface area contributed by atoms with Gasteiger partial charge in [-0.05, 0) is 27.7 Å². The lowest BCUT2D eigenvalue weighted by molar-refractivity contribution is 0.453. The van der Waals surface area contributed by atoms with E-state index in [-0.39, 0.29) is 6.04 Å². The first-order chi connectivity index (χ1) is 9.01. The van der Waals surface area contributed by atoms with E-state index in [0.29, 0.717) is 11.7 Å². The van der Waals surface area contributed by atoms with Gasteiger partial charge in [-0.2, -0.15) is 0 Å². The zero-order valence-corrected chi connectivity index (χ0v) is 11.9. The lowest BCUT2D eigenvalue weighted by Crippen LogP contribution is -2.12. The molecule has 6 nitrogen and oxygen atoms in total. The maximum absolute atomic E-state index is 5.51. The Kier molecular flexibility index (Phi) is 3.69. The summed E-state index contributed by atoms with van der Waals surface area (Å²) in [5.74, 6) is 3.79. The van der Waals surface area contributed by atoms with Gasteiger partial charge < -0.3 is 15.1 Å². The second-order valence-electron chi connectivity index (χ2n) is 4.52. The molecular formula is C13H19N5O. The topological polar surface area (TPSA) is 75.9 Å². The van der Waals surface area contributed by atoms with E-state index in [4.69, 9.17) is 4.42 Å². The highest BCUT2D eigenvalue weighted by Gasteiger charge is 2.15. The van der Waals surface area contributed by atoms with Crippen LogP contribution >= 0.6 is 0 Å². The Bertz CT molecular complexity index is 578. The van der Waals surface area contributed by atoms with Gasteiger partial charge in [-0.25, -0.2) is 15.0 Å². The summed E-state index contributed by atoms with van der Waals surface area (Å²) in [5.41, 5.74) is 0.975. The standard InChI is InChI=1S/C13H19N5O/c1-7-6-15-13(19-7)9(3)16-12-8(2)11(14-5)17-10(4)18-12/h6,9H,1-5H3,(H2,14,16,17,18). The normalized spacial score (nSPS) is 12.3. The third kappa shape index (κ3) is 2.83. The Labute approximate surface area is 112 Å². The van der Waals surface area contributed by atoms with E-state index in [0.717, 1.165) is 23.0 Å². The predicted molar refractivity (Wildman–Crippen MR) is 74.3 cm³/mol. The highest BCUT2D eigenvalue weighted by atomic mass is 16.4. The molecule has 2 heterocycles. The molecule has 1 unspecified atom stereocenters. The van der Waals surface area contributed by atoms with Crippen molar-refractivity contribution in [2.24, 2.45) is 0 Å². The average Bonchev–Trinajstić information content (AvgIpc) is 2.80. The van der Waals surface area contributed by atoms with Crippen LogP contribution in [0.4, 0.5) is 11.6 Å². The lowest BCUT2D eigenvalue weighted by atomic mass is 10.2. The van der Waals surface area contributed by atoms with E-state index in [1.54, 1.807) is 6.20 Å². The van der Waals surface area contributed by atoms with Crippen molar-refractivity contribution in [3.05, 3.63) is 29.2 Å². The van der Waals surface area contributed by atoms with E-state index in [9.17, 15) is 0 Å². The van der Waals surface area contributed by atoms with Gasteiger partial charge in [-0.1, -0.05) is 0 Å². The van der Waals surface area contributed by atoms with Crippen molar-refractivity contribution in [1.82, 2.24) is 15.0 Å². The number of aryl methyl sites for hydroxylation is 2. The van der Waals surface area contributed by atoms with Crippen LogP contribution in [0.1, 0.15) is 36.0 Å². The molecule has 2 aromatic heterocycles. The molecule has 0 aromatic carbocycles. The van der Waals surface area contributed by atoms with Crippen LogP contribution in [-0.4, -0.2) is 22.0 Å². The van der Waals surface area contributed by atoms with Crippen molar-refractivity contribution >= 4 is 11.6 Å². The number of nitrogens with zero attached hydrogens (tertiary/aromatic N) is 3. The SMILES string of the molecule is CNc1nc(C)nc(NC(C)c2ncc(C)o2)c1C. The zero-order valence-electron chi connectivity index (χ0n) is 11.9. The molecule has 0 radical (unpaired) electrons. The van der Waals surface area contributed by atoms with Crippen LogP contribution in [0.5, 0.6) is 0 Å². The second-order valence-corrected chi connectivity index (χ2v) is 4.52. The van der Waals surface area contributed by atoms with Gasteiger partial charge in [0.15, 0.2) is 0 Å². The van der Waals surface area contributed by atoms with Gasteiger partial charge in [0.1, 0.15) is 29.3 Å². The molecule has 6 heteroatoms. The first kappa shape index (κ1) is 13.3. The van der Waals surface area contributed by atoms with E-state index in [2.05, 4.69) is 25.6 Å². The van der Waals surface area contributed by atoms with Crippen molar-refractivity contribution in [3.63, 3.8) is 0 Å². The minimum atomic E-state index is -0.0496. The summed E-state index contributed by atoms with van der Waals surface area (Å²) in [6.07, 6.45) is 1.71. The van der Waals surface area contributed by atoms with Gasteiger partial charge in [-0.3, -0.25) is 0 Å². The van der Waals surface area contributed by atoms with Crippen LogP contribution in [0.25, 0.3) is 0 Å². The van der Waals surface area contributed by atoms with Gasteiger partial charge >= 0.3 is 0 Å². The lowest BCUT2D eigenvalue weighted by Gasteiger charge is -2.15. The summed E-state index contributed by atoms with van der Waals surface area (Å²) in [7, 11) is 1.85. The third-order valence-electron chi connectivity index (χ3n) is 2.86. The fourth-order valence-electron chi connectivity index (χ4n) is 1.85. The minimum Gasteiger partial charge on any atom is -0.444 e. The van der Waals surface area contributed by atoms with Gasteiger partial charge in [0.05, 0.1) is 6.20 Å². The highest BCUT2D eigenvalue weighted by molar-refractivity contribution is 5.57. The van der Waals surface area contributed by atoms with Crippen molar-refractivity contribution in [3.8, 4) is 0 Å². The fraction of sp³-hybridized carbons (Fsp3) is 0.462. The summed E-state index contributed by atoms with van der Waals surface area (Å²) in [6, 6.07) is -0.0496. The maximum Gasteiger partial charge on any atom is 0.216 e. The number of hydrogen-bond acceptors (Lipinski definition) is 6. The molecule has 1 atom stereocenters. The molecule has 19 heavy (non-hydrogen) atoms. The highest BCUT2D eigenvalue weighted by Crippen LogP contribution is 2.24. The first-order valence-electron chi connectivity index (χ1n) is 6.23. The van der Waals surface area contributed by atoms with E-state index in [1.165, 1.54) is 0 Å². The maximum atomic E-state index is 5.51. The summed E-state index contributed by atoms with van der Waals surface area (Å²) >= 11 is 0. The molecule has 0 saturated heterocycles. The number of rotatable bonds is 4. The quantitative estimate of drug-likeness (QED) is 0.881. The molecule has 0 saturated carbocycles. The largest absolute Gasteiger partial charge is 0.444 e. The Morgan fingerprint density at radius 2 is 1.84 bits per heavy atom. The molecule has 0 amide bonds. The van der Waals surface area contributed by atoms with Crippen LogP contribution in [0, 0.1) is 20.8 Å². The van der Waals surface area contributed by atoms with Gasteiger partial charge in [0.2, 0.25) is 5.89 Å². The molecule has 0 spiro atoms. The molecule has 2 rings (SSSR count). The second kappa shape index (κ2) is 5.26. The Morgan fingerprint density at radius 3 is 2.42 bits per heavy atom. The smallest absolute Gasteiger partial charge is 0.216 e. The van der Waals surface area contributed by atoms with Crippen LogP contribution in [-0.2, 0) is 0 Å². The number of nitrogens with one attached hydrogen (secondary N) is 2. The van der Waals surface area contributed by atoms with Gasteiger partial charge in [0, 0.05) is 12.6 Å². The van der Waals surface area contributed by atoms with Crippen LogP contribution in [0.2, 0.25) is 0 Å². The molecule has 0 fully saturated rings. The Morgan fingerprint density at radius 1 is 1.16 bits per heavy atom. The third-order valence-corrected chi connectivity index (χ3v) is 2.86. The van der Waals surface area contributed by atoms with E-state index >= 15 is 0 Å². The number of aromatic nitrogens is 3. The molecule has 0 aliphatic heterocycles. The minimum absolute atomic E-state index is 0.0496. The average molecular weight is 261 g/mol. The molecule has 0 aliphatic rings. The monoisotopic (exact) mass is 261 g/mol. The summed E-state index contributed by atoms with van der Waals surface area (Å²) < 4.78 is 5.51. The van der Waals surface area contributed by atoms with E-state index < -0.39 is 0 Å². The van der Waals surface area contributed by atoms with E-state index in [1.807, 2.05) is 34.7 Å². The Hall–Kier alpha value is -2.11. The molecule has 102 valence electrons. The van der Waals surface area contributed by atoms with Crippen LogP contribution in [0.3, 0.4) is 0 Å². The molecule has 0 aliphatic carbocycles. The molecule has 2 aromatic rings. The number of anilines is 2. The Balaban J connectivity index is 2.25. The molecule has 2 N–H and O–H groups in total. The number of hydrogen-bond donors (Lipinski definition) is 2. The van der Waals surface area contributed by atoms with Crippen molar-refractivity contribution < 1.29 is 4.42 Å². The fourth-order valence-corrected chi connectivity index (χ4v) is 1.85. The van der Waals surface area contributed by atoms with Crippen molar-refractivity contribution in [2.75, 3.05) is 17.7 Å². The van der Waals surface area contributed by atoms with Crippen molar-refractivity contribution in [1.29, 1.82) is 0 Å². The zero-order chi connectivity index (χ0) is 14.0. The summed E-state index contributed by atoms with van der Waals surface area (Å²) in [5, 5.41) is 6.37. The van der Waals surface area contributed by atoms with Crippen molar-refractivity contribution in [2.45, 2.75) is 33.7 Å². The number of oxazole rings is 1. The summed E-state index contributed by atoms with van der Waals surface area (Å²) in [6.45, 7) is 7.70. The van der Waals surface area contributed by atoms with Gasteiger partial charge in [-0.15, -0.1) is 0 Å².